The molecule has 1 aromatic carbocycles. The first-order chi connectivity index (χ1) is 7.27. The van der Waals surface area contributed by atoms with E-state index in [9.17, 15) is 0 Å². The number of ether oxygens (including phenoxy) is 1. The minimum absolute atomic E-state index is 0. The molecule has 0 aliphatic carbocycles. The highest BCUT2D eigenvalue weighted by molar-refractivity contribution is 5.85. The molecular weight excluding hydrogens is 259 g/mol. The molecule has 17 heavy (non-hydrogen) atoms. The SMILES string of the molecule is COc1ccc(C#N)c(C)c1C1CNC1.Cl.Cl. The third-order valence-electron chi connectivity index (χ3n) is 3.00. The van der Waals surface area contributed by atoms with Crippen LogP contribution in [-0.2, 0) is 0 Å². The summed E-state index contributed by atoms with van der Waals surface area (Å²) in [4.78, 5) is 0. The molecule has 94 valence electrons. The summed E-state index contributed by atoms with van der Waals surface area (Å²) in [7, 11) is 1.68. The van der Waals surface area contributed by atoms with Crippen LogP contribution < -0.4 is 10.1 Å². The van der Waals surface area contributed by atoms with Gasteiger partial charge in [-0.2, -0.15) is 5.26 Å². The highest BCUT2D eigenvalue weighted by atomic mass is 35.5. The van der Waals surface area contributed by atoms with Crippen LogP contribution in [0.2, 0.25) is 0 Å². The maximum atomic E-state index is 8.97. The van der Waals surface area contributed by atoms with Crippen molar-refractivity contribution in [3.05, 3.63) is 28.8 Å². The van der Waals surface area contributed by atoms with Gasteiger partial charge in [-0.25, -0.2) is 0 Å². The van der Waals surface area contributed by atoms with Gasteiger partial charge < -0.3 is 10.1 Å². The Bertz CT molecular complexity index is 425. The summed E-state index contributed by atoms with van der Waals surface area (Å²) >= 11 is 0. The smallest absolute Gasteiger partial charge is 0.122 e. The third kappa shape index (κ3) is 2.84. The van der Waals surface area contributed by atoms with Gasteiger partial charge in [0.25, 0.3) is 0 Å². The van der Waals surface area contributed by atoms with Crippen molar-refractivity contribution in [3.8, 4) is 11.8 Å². The molecule has 1 fully saturated rings. The Kier molecular flexibility index (Phi) is 6.33. The number of nitrogens with zero attached hydrogens (tertiary/aromatic N) is 1. The van der Waals surface area contributed by atoms with Gasteiger partial charge >= 0.3 is 0 Å². The van der Waals surface area contributed by atoms with Gasteiger partial charge in [-0.15, -0.1) is 24.8 Å². The van der Waals surface area contributed by atoms with Gasteiger partial charge in [-0.1, -0.05) is 0 Å². The first kappa shape index (κ1) is 16.1. The number of rotatable bonds is 2. The van der Waals surface area contributed by atoms with E-state index < -0.39 is 0 Å². The number of hydrogen-bond donors (Lipinski definition) is 1. The van der Waals surface area contributed by atoms with Crippen molar-refractivity contribution in [1.29, 1.82) is 5.26 Å². The van der Waals surface area contributed by atoms with Crippen molar-refractivity contribution >= 4 is 24.8 Å². The zero-order chi connectivity index (χ0) is 10.8. The molecule has 1 aliphatic rings. The van der Waals surface area contributed by atoms with E-state index >= 15 is 0 Å². The van der Waals surface area contributed by atoms with Crippen LogP contribution in [0.3, 0.4) is 0 Å². The summed E-state index contributed by atoms with van der Waals surface area (Å²) in [5.41, 5.74) is 3.00. The van der Waals surface area contributed by atoms with E-state index in [1.807, 2.05) is 19.1 Å². The van der Waals surface area contributed by atoms with Crippen molar-refractivity contribution in [2.24, 2.45) is 0 Å². The van der Waals surface area contributed by atoms with E-state index in [2.05, 4.69) is 11.4 Å². The van der Waals surface area contributed by atoms with Crippen LogP contribution >= 0.6 is 24.8 Å². The minimum Gasteiger partial charge on any atom is -0.496 e. The lowest BCUT2D eigenvalue weighted by Crippen LogP contribution is -2.40. The zero-order valence-electron chi connectivity index (χ0n) is 9.82. The Morgan fingerprint density at radius 1 is 1.35 bits per heavy atom. The predicted molar refractivity (Wildman–Crippen MR) is 72.6 cm³/mol. The fraction of sp³-hybridized carbons (Fsp3) is 0.417. The molecule has 0 saturated carbocycles. The molecule has 3 nitrogen and oxygen atoms in total. The lowest BCUT2D eigenvalue weighted by molar-refractivity contribution is 0.384. The topological polar surface area (TPSA) is 45.0 Å². The molecule has 0 amide bonds. The van der Waals surface area contributed by atoms with Gasteiger partial charge in [-0.3, -0.25) is 0 Å². The molecule has 1 N–H and O–H groups in total. The predicted octanol–water partition coefficient (Wildman–Crippen LogP) is 2.41. The van der Waals surface area contributed by atoms with Gasteiger partial charge in [0.05, 0.1) is 18.7 Å². The molecule has 0 radical (unpaired) electrons. The Balaban J connectivity index is 0.00000128. The number of halogens is 2. The highest BCUT2D eigenvalue weighted by Gasteiger charge is 2.25. The Morgan fingerprint density at radius 2 is 2.00 bits per heavy atom. The van der Waals surface area contributed by atoms with Gasteiger partial charge in [0, 0.05) is 24.6 Å². The number of benzene rings is 1. The van der Waals surface area contributed by atoms with Crippen LogP contribution in [-0.4, -0.2) is 20.2 Å². The molecule has 1 aliphatic heterocycles. The van der Waals surface area contributed by atoms with E-state index in [1.165, 1.54) is 5.56 Å². The Hall–Kier alpha value is -0.950. The molecule has 0 atom stereocenters. The first-order valence-electron chi connectivity index (χ1n) is 5.06. The van der Waals surface area contributed by atoms with Crippen LogP contribution in [0.25, 0.3) is 0 Å². The van der Waals surface area contributed by atoms with E-state index in [4.69, 9.17) is 10.00 Å². The molecule has 0 aromatic heterocycles. The maximum Gasteiger partial charge on any atom is 0.122 e. The number of nitriles is 1. The Morgan fingerprint density at radius 3 is 2.41 bits per heavy atom. The van der Waals surface area contributed by atoms with Crippen molar-refractivity contribution in [2.45, 2.75) is 12.8 Å². The molecular formula is C12H16Cl2N2O. The number of nitrogens with one attached hydrogen (secondary N) is 1. The summed E-state index contributed by atoms with van der Waals surface area (Å²) in [6, 6.07) is 5.93. The second-order valence-corrected chi connectivity index (χ2v) is 3.82. The average molecular weight is 275 g/mol. The zero-order valence-corrected chi connectivity index (χ0v) is 11.5. The third-order valence-corrected chi connectivity index (χ3v) is 3.00. The molecule has 0 bridgehead atoms. The van der Waals surface area contributed by atoms with E-state index in [0.29, 0.717) is 5.92 Å². The van der Waals surface area contributed by atoms with Crippen molar-refractivity contribution in [2.75, 3.05) is 20.2 Å². The van der Waals surface area contributed by atoms with Crippen molar-refractivity contribution < 1.29 is 4.74 Å². The van der Waals surface area contributed by atoms with Crippen LogP contribution in [0.1, 0.15) is 22.6 Å². The largest absolute Gasteiger partial charge is 0.496 e. The summed E-state index contributed by atoms with van der Waals surface area (Å²) < 4.78 is 5.35. The lowest BCUT2D eigenvalue weighted by atomic mass is 9.87. The second-order valence-electron chi connectivity index (χ2n) is 3.82. The lowest BCUT2D eigenvalue weighted by Gasteiger charge is -2.30. The van der Waals surface area contributed by atoms with Gasteiger partial charge in [0.15, 0.2) is 0 Å². The summed E-state index contributed by atoms with van der Waals surface area (Å²) in [5.74, 6) is 1.39. The first-order valence-corrected chi connectivity index (χ1v) is 5.06. The average Bonchev–Trinajstić information content (AvgIpc) is 2.18. The Labute approximate surface area is 114 Å². The molecule has 1 aromatic rings. The van der Waals surface area contributed by atoms with Gasteiger partial charge in [-0.05, 0) is 24.6 Å². The van der Waals surface area contributed by atoms with Crippen LogP contribution in [0.4, 0.5) is 0 Å². The van der Waals surface area contributed by atoms with E-state index in [1.54, 1.807) is 7.11 Å². The summed E-state index contributed by atoms with van der Waals surface area (Å²) in [6.07, 6.45) is 0. The standard InChI is InChI=1S/C12H14N2O.2ClH/c1-8-9(5-13)3-4-11(15-2)12(8)10-6-14-7-10;;/h3-4,10,14H,6-7H2,1-2H3;2*1H. The molecule has 1 heterocycles. The summed E-state index contributed by atoms with van der Waals surface area (Å²) in [6.45, 7) is 3.95. The minimum atomic E-state index is 0. The monoisotopic (exact) mass is 274 g/mol. The van der Waals surface area contributed by atoms with Crippen LogP contribution in [0.15, 0.2) is 12.1 Å². The quantitative estimate of drug-likeness (QED) is 0.901. The molecule has 0 unspecified atom stereocenters. The van der Waals surface area contributed by atoms with Crippen LogP contribution in [0, 0.1) is 18.3 Å². The van der Waals surface area contributed by atoms with Gasteiger partial charge in [0.2, 0.25) is 0 Å². The fourth-order valence-electron chi connectivity index (χ4n) is 2.00. The number of hydrogen-bond acceptors (Lipinski definition) is 3. The summed E-state index contributed by atoms with van der Waals surface area (Å²) in [5, 5.41) is 12.2. The second kappa shape index (κ2) is 6.70. The van der Waals surface area contributed by atoms with Crippen molar-refractivity contribution in [1.82, 2.24) is 5.32 Å². The molecule has 2 rings (SSSR count). The van der Waals surface area contributed by atoms with E-state index in [-0.39, 0.29) is 24.8 Å². The molecule has 5 heteroatoms. The van der Waals surface area contributed by atoms with Crippen LogP contribution in [0.5, 0.6) is 5.75 Å². The highest BCUT2D eigenvalue weighted by Crippen LogP contribution is 2.33. The normalized spacial score (nSPS) is 13.7. The molecule has 1 saturated heterocycles. The maximum absolute atomic E-state index is 8.97. The van der Waals surface area contributed by atoms with Gasteiger partial charge in [0.1, 0.15) is 5.75 Å². The fourth-order valence-corrected chi connectivity index (χ4v) is 2.00. The van der Waals surface area contributed by atoms with Crippen molar-refractivity contribution in [3.63, 3.8) is 0 Å². The number of methoxy groups -OCH3 is 1. The van der Waals surface area contributed by atoms with E-state index in [0.717, 1.165) is 30.0 Å². The molecule has 0 spiro atoms.